The number of carbonyl (C=O) groups is 1. The van der Waals surface area contributed by atoms with Crippen LogP contribution in [-0.4, -0.2) is 32.3 Å². The number of ether oxygens (including phenoxy) is 2. The van der Waals surface area contributed by atoms with Crippen LogP contribution >= 0.6 is 11.6 Å². The summed E-state index contributed by atoms with van der Waals surface area (Å²) in [5, 5.41) is 12.4. The van der Waals surface area contributed by atoms with Crippen LogP contribution < -0.4 is 10.1 Å². The van der Waals surface area contributed by atoms with Gasteiger partial charge in [-0.1, -0.05) is 11.6 Å². The quantitative estimate of drug-likeness (QED) is 0.668. The van der Waals surface area contributed by atoms with E-state index in [1.54, 1.807) is 18.2 Å². The molecule has 1 amide bonds. The maximum absolute atomic E-state index is 12.1. The fourth-order valence-corrected chi connectivity index (χ4v) is 2.41. The van der Waals surface area contributed by atoms with Gasteiger partial charge in [0.25, 0.3) is 5.91 Å². The van der Waals surface area contributed by atoms with Crippen molar-refractivity contribution >= 4 is 23.6 Å². The summed E-state index contributed by atoms with van der Waals surface area (Å²) in [6.45, 7) is 1.13. The molecule has 0 spiro atoms. The number of nitrogens with one attached hydrogen (secondary N) is 1. The molecule has 0 radical (unpaired) electrons. The van der Waals surface area contributed by atoms with Gasteiger partial charge in [-0.15, -0.1) is 0 Å². The summed E-state index contributed by atoms with van der Waals surface area (Å²) in [4.78, 5) is 12.1. The molecule has 0 saturated carbocycles. The van der Waals surface area contributed by atoms with Crippen molar-refractivity contribution in [1.82, 2.24) is 5.32 Å². The molecule has 0 bridgehead atoms. The summed E-state index contributed by atoms with van der Waals surface area (Å²) in [6, 6.07) is 6.92. The first kappa shape index (κ1) is 16.3. The number of nitriles is 1. The van der Waals surface area contributed by atoms with E-state index >= 15 is 0 Å². The van der Waals surface area contributed by atoms with Gasteiger partial charge in [0.2, 0.25) is 0 Å². The molecule has 1 N–H and O–H groups in total. The number of rotatable bonds is 5. The summed E-state index contributed by atoms with van der Waals surface area (Å²) in [5.74, 6) is 0.115. The van der Waals surface area contributed by atoms with Crippen LogP contribution in [0.5, 0.6) is 5.75 Å². The Kier molecular flexibility index (Phi) is 5.82. The Morgan fingerprint density at radius 2 is 2.45 bits per heavy atom. The van der Waals surface area contributed by atoms with Gasteiger partial charge in [-0.05, 0) is 37.1 Å². The third kappa shape index (κ3) is 4.23. The number of methoxy groups -OCH3 is 1. The van der Waals surface area contributed by atoms with E-state index in [1.165, 1.54) is 13.2 Å². The van der Waals surface area contributed by atoms with Crippen molar-refractivity contribution in [3.63, 3.8) is 0 Å². The lowest BCUT2D eigenvalue weighted by atomic mass is 10.1. The van der Waals surface area contributed by atoms with Crippen molar-refractivity contribution in [3.8, 4) is 11.8 Å². The highest BCUT2D eigenvalue weighted by Crippen LogP contribution is 2.25. The molecule has 1 saturated heterocycles. The van der Waals surface area contributed by atoms with E-state index in [9.17, 15) is 10.1 Å². The van der Waals surface area contributed by atoms with Crippen molar-refractivity contribution in [2.24, 2.45) is 0 Å². The monoisotopic (exact) mass is 320 g/mol. The van der Waals surface area contributed by atoms with Crippen LogP contribution in [0.15, 0.2) is 23.8 Å². The molecule has 0 aliphatic carbocycles. The van der Waals surface area contributed by atoms with Gasteiger partial charge in [0.15, 0.2) is 0 Å². The highest BCUT2D eigenvalue weighted by Gasteiger charge is 2.18. The van der Waals surface area contributed by atoms with Gasteiger partial charge in [0, 0.05) is 23.7 Å². The molecule has 6 heteroatoms. The van der Waals surface area contributed by atoms with E-state index in [0.717, 1.165) is 19.4 Å². The number of hydrogen-bond donors (Lipinski definition) is 1. The summed E-state index contributed by atoms with van der Waals surface area (Å²) in [6.07, 6.45) is 3.43. The molecule has 2 rings (SSSR count). The van der Waals surface area contributed by atoms with Crippen LogP contribution in [0, 0.1) is 11.3 Å². The third-order valence-corrected chi connectivity index (χ3v) is 3.61. The fraction of sp³-hybridized carbons (Fsp3) is 0.375. The summed E-state index contributed by atoms with van der Waals surface area (Å²) < 4.78 is 10.6. The highest BCUT2D eigenvalue weighted by molar-refractivity contribution is 6.30. The molecule has 1 aliphatic heterocycles. The highest BCUT2D eigenvalue weighted by atomic mass is 35.5. The maximum atomic E-state index is 12.1. The molecular formula is C16H17ClN2O3. The smallest absolute Gasteiger partial charge is 0.262 e. The predicted octanol–water partition coefficient (Wildman–Crippen LogP) is 2.55. The van der Waals surface area contributed by atoms with Crippen LogP contribution in [0.4, 0.5) is 0 Å². The number of hydrogen-bond acceptors (Lipinski definition) is 4. The lowest BCUT2D eigenvalue weighted by Gasteiger charge is -2.10. The van der Waals surface area contributed by atoms with E-state index in [2.05, 4.69) is 5.32 Å². The Labute approximate surface area is 134 Å². The van der Waals surface area contributed by atoms with E-state index in [1.807, 2.05) is 6.07 Å². The van der Waals surface area contributed by atoms with Crippen LogP contribution in [0.1, 0.15) is 18.4 Å². The first-order chi connectivity index (χ1) is 10.6. The lowest BCUT2D eigenvalue weighted by molar-refractivity contribution is -0.117. The number of carbonyl (C=O) groups excluding carboxylic acids is 1. The largest absolute Gasteiger partial charge is 0.496 e. The Hall–Kier alpha value is -2.03. The van der Waals surface area contributed by atoms with Crippen LogP contribution in [0.25, 0.3) is 6.08 Å². The van der Waals surface area contributed by atoms with Crippen LogP contribution in [-0.2, 0) is 9.53 Å². The fourth-order valence-electron chi connectivity index (χ4n) is 2.23. The molecule has 1 aromatic carbocycles. The molecule has 1 atom stereocenters. The van der Waals surface area contributed by atoms with Crippen LogP contribution in [0.3, 0.4) is 0 Å². The molecule has 0 aromatic heterocycles. The van der Waals surface area contributed by atoms with Crippen molar-refractivity contribution in [3.05, 3.63) is 34.4 Å². The van der Waals surface area contributed by atoms with Gasteiger partial charge >= 0.3 is 0 Å². The van der Waals surface area contributed by atoms with Gasteiger partial charge in [0.05, 0.1) is 13.2 Å². The molecule has 1 aliphatic rings. The number of benzene rings is 1. The number of halogens is 1. The van der Waals surface area contributed by atoms with Crippen molar-refractivity contribution < 1.29 is 14.3 Å². The van der Waals surface area contributed by atoms with Gasteiger partial charge < -0.3 is 14.8 Å². The molecule has 1 fully saturated rings. The minimum Gasteiger partial charge on any atom is -0.496 e. The Balaban J connectivity index is 2.11. The summed E-state index contributed by atoms with van der Waals surface area (Å²) >= 11 is 5.94. The zero-order valence-electron chi connectivity index (χ0n) is 12.3. The molecule has 1 aromatic rings. The Morgan fingerprint density at radius 1 is 1.64 bits per heavy atom. The zero-order valence-corrected chi connectivity index (χ0v) is 13.0. The first-order valence-electron chi connectivity index (χ1n) is 6.99. The molecule has 22 heavy (non-hydrogen) atoms. The maximum Gasteiger partial charge on any atom is 0.262 e. The van der Waals surface area contributed by atoms with E-state index < -0.39 is 5.91 Å². The van der Waals surface area contributed by atoms with Gasteiger partial charge in [-0.3, -0.25) is 4.79 Å². The van der Waals surface area contributed by atoms with E-state index in [-0.39, 0.29) is 11.7 Å². The minimum absolute atomic E-state index is 0.00133. The van der Waals surface area contributed by atoms with Crippen molar-refractivity contribution in [2.45, 2.75) is 18.9 Å². The van der Waals surface area contributed by atoms with Gasteiger partial charge in [-0.2, -0.15) is 5.26 Å². The normalized spacial score (nSPS) is 17.9. The van der Waals surface area contributed by atoms with Gasteiger partial charge in [0.1, 0.15) is 17.4 Å². The first-order valence-corrected chi connectivity index (χ1v) is 7.37. The summed E-state index contributed by atoms with van der Waals surface area (Å²) in [5.41, 5.74) is 0.581. The predicted molar refractivity (Wildman–Crippen MR) is 83.6 cm³/mol. The SMILES string of the molecule is COc1ccc(Cl)cc1/C=C(\C#N)C(=O)NCC1CCCO1. The van der Waals surface area contributed by atoms with E-state index in [0.29, 0.717) is 22.9 Å². The Bertz CT molecular complexity index is 616. The third-order valence-electron chi connectivity index (χ3n) is 3.37. The molecule has 116 valence electrons. The zero-order chi connectivity index (χ0) is 15.9. The molecule has 1 unspecified atom stereocenters. The Morgan fingerprint density at radius 3 is 3.09 bits per heavy atom. The lowest BCUT2D eigenvalue weighted by Crippen LogP contribution is -2.32. The van der Waals surface area contributed by atoms with Gasteiger partial charge in [-0.25, -0.2) is 0 Å². The van der Waals surface area contributed by atoms with Crippen LogP contribution in [0.2, 0.25) is 5.02 Å². The standard InChI is InChI=1S/C16H17ClN2O3/c1-21-15-5-4-13(17)8-11(15)7-12(9-18)16(20)19-10-14-3-2-6-22-14/h4-5,7-8,14H,2-3,6,10H2,1H3,(H,19,20)/b12-7+. The summed E-state index contributed by atoms with van der Waals surface area (Å²) in [7, 11) is 1.52. The average Bonchev–Trinajstić information content (AvgIpc) is 3.04. The second-order valence-corrected chi connectivity index (χ2v) is 5.34. The van der Waals surface area contributed by atoms with E-state index in [4.69, 9.17) is 21.1 Å². The molecule has 5 nitrogen and oxygen atoms in total. The number of amides is 1. The molecular weight excluding hydrogens is 304 g/mol. The average molecular weight is 321 g/mol. The minimum atomic E-state index is -0.431. The number of nitrogens with zero attached hydrogens (tertiary/aromatic N) is 1. The molecule has 1 heterocycles. The topological polar surface area (TPSA) is 71.3 Å². The van der Waals surface area contributed by atoms with Crippen molar-refractivity contribution in [1.29, 1.82) is 5.26 Å². The van der Waals surface area contributed by atoms with Crippen molar-refractivity contribution in [2.75, 3.05) is 20.3 Å². The second kappa shape index (κ2) is 7.83. The second-order valence-electron chi connectivity index (χ2n) is 4.90.